The van der Waals surface area contributed by atoms with E-state index in [2.05, 4.69) is 32.6 Å². The molecule has 0 aromatic carbocycles. The van der Waals surface area contributed by atoms with E-state index in [0.717, 1.165) is 5.92 Å². The molecule has 0 saturated carbocycles. The van der Waals surface area contributed by atoms with Crippen LogP contribution in [-0.2, 0) is 0 Å². The first-order valence-electron chi connectivity index (χ1n) is 4.79. The molecule has 66 valence electrons. The second kappa shape index (κ2) is 3.14. The molecule has 1 fully saturated rings. The summed E-state index contributed by atoms with van der Waals surface area (Å²) in [6, 6.07) is 0. The van der Waals surface area contributed by atoms with Gasteiger partial charge in [-0.05, 0) is 39.7 Å². The van der Waals surface area contributed by atoms with Gasteiger partial charge in [0.05, 0.1) is 0 Å². The highest BCUT2D eigenvalue weighted by Crippen LogP contribution is 2.25. The van der Waals surface area contributed by atoms with Crippen molar-refractivity contribution < 1.29 is 0 Å². The quantitative estimate of drug-likeness (QED) is 0.562. The average molecular weight is 155 g/mol. The molecule has 0 N–H and O–H groups in total. The molecule has 1 aliphatic rings. The number of hydrogen-bond donors (Lipinski definition) is 0. The summed E-state index contributed by atoms with van der Waals surface area (Å²) in [5.74, 6) is 0.967. The summed E-state index contributed by atoms with van der Waals surface area (Å²) in [5, 5.41) is 0. The topological polar surface area (TPSA) is 3.24 Å². The Morgan fingerprint density at radius 3 is 2.27 bits per heavy atom. The van der Waals surface area contributed by atoms with E-state index in [0.29, 0.717) is 5.54 Å². The summed E-state index contributed by atoms with van der Waals surface area (Å²) in [6.07, 6.45) is 2.76. The fraction of sp³-hybridized carbons (Fsp3) is 1.00. The standard InChI is InChI=1S/C10H21N/c1-5-9-6-7-11(8-9)10(2,3)4/h9H,5-8H2,1-4H3/t9-/m1/s1. The fourth-order valence-electron chi connectivity index (χ4n) is 1.78. The van der Waals surface area contributed by atoms with Crippen molar-refractivity contribution in [1.82, 2.24) is 4.90 Å². The molecule has 1 rings (SSSR count). The van der Waals surface area contributed by atoms with Crippen LogP contribution in [0.3, 0.4) is 0 Å². The van der Waals surface area contributed by atoms with Gasteiger partial charge in [-0.25, -0.2) is 0 Å². The lowest BCUT2D eigenvalue weighted by atomic mass is 10.1. The van der Waals surface area contributed by atoms with Gasteiger partial charge >= 0.3 is 0 Å². The summed E-state index contributed by atoms with van der Waals surface area (Å²) < 4.78 is 0. The maximum Gasteiger partial charge on any atom is 0.0125 e. The Bertz CT molecular complexity index is 123. The number of nitrogens with zero attached hydrogens (tertiary/aromatic N) is 1. The molecule has 0 aromatic rings. The van der Waals surface area contributed by atoms with Gasteiger partial charge in [0.15, 0.2) is 0 Å². The Balaban J connectivity index is 2.42. The Morgan fingerprint density at radius 2 is 2.00 bits per heavy atom. The third-order valence-corrected chi connectivity index (χ3v) is 2.81. The summed E-state index contributed by atoms with van der Waals surface area (Å²) >= 11 is 0. The van der Waals surface area contributed by atoms with Gasteiger partial charge in [-0.1, -0.05) is 13.3 Å². The zero-order chi connectivity index (χ0) is 8.48. The maximum absolute atomic E-state index is 2.60. The molecule has 1 aliphatic heterocycles. The highest BCUT2D eigenvalue weighted by atomic mass is 15.2. The van der Waals surface area contributed by atoms with Gasteiger partial charge in [0, 0.05) is 12.1 Å². The van der Waals surface area contributed by atoms with Gasteiger partial charge in [0.1, 0.15) is 0 Å². The molecule has 0 aliphatic carbocycles. The Kier molecular flexibility index (Phi) is 2.58. The van der Waals surface area contributed by atoms with Crippen molar-refractivity contribution >= 4 is 0 Å². The summed E-state index contributed by atoms with van der Waals surface area (Å²) in [7, 11) is 0. The van der Waals surface area contributed by atoms with E-state index < -0.39 is 0 Å². The van der Waals surface area contributed by atoms with Crippen LogP contribution in [-0.4, -0.2) is 23.5 Å². The van der Waals surface area contributed by atoms with Crippen molar-refractivity contribution in [1.29, 1.82) is 0 Å². The maximum atomic E-state index is 2.60. The smallest absolute Gasteiger partial charge is 0.0125 e. The lowest BCUT2D eigenvalue weighted by Gasteiger charge is -2.31. The van der Waals surface area contributed by atoms with Gasteiger partial charge in [0.25, 0.3) is 0 Å². The van der Waals surface area contributed by atoms with Crippen LogP contribution in [0.15, 0.2) is 0 Å². The third-order valence-electron chi connectivity index (χ3n) is 2.81. The molecule has 1 atom stereocenters. The van der Waals surface area contributed by atoms with Crippen molar-refractivity contribution in [2.45, 2.75) is 46.1 Å². The van der Waals surface area contributed by atoms with E-state index in [4.69, 9.17) is 0 Å². The zero-order valence-electron chi connectivity index (χ0n) is 8.35. The highest BCUT2D eigenvalue weighted by molar-refractivity contribution is 4.83. The molecule has 1 nitrogen and oxygen atoms in total. The molecular weight excluding hydrogens is 134 g/mol. The first kappa shape index (κ1) is 9.05. The van der Waals surface area contributed by atoms with Crippen molar-refractivity contribution in [3.05, 3.63) is 0 Å². The van der Waals surface area contributed by atoms with Crippen LogP contribution in [0.5, 0.6) is 0 Å². The largest absolute Gasteiger partial charge is 0.298 e. The molecular formula is C10H21N. The third kappa shape index (κ3) is 2.19. The molecule has 1 heteroatoms. The summed E-state index contributed by atoms with van der Waals surface area (Å²) in [4.78, 5) is 2.60. The molecule has 1 saturated heterocycles. The average Bonchev–Trinajstić information content (AvgIpc) is 2.32. The summed E-state index contributed by atoms with van der Waals surface area (Å²) in [6.45, 7) is 11.9. The molecule has 0 spiro atoms. The molecule has 0 radical (unpaired) electrons. The van der Waals surface area contributed by atoms with E-state index >= 15 is 0 Å². The molecule has 1 heterocycles. The molecule has 0 aromatic heterocycles. The Morgan fingerprint density at radius 1 is 1.36 bits per heavy atom. The van der Waals surface area contributed by atoms with E-state index in [9.17, 15) is 0 Å². The van der Waals surface area contributed by atoms with Gasteiger partial charge in [0.2, 0.25) is 0 Å². The van der Waals surface area contributed by atoms with Gasteiger partial charge in [-0.15, -0.1) is 0 Å². The second-order valence-corrected chi connectivity index (χ2v) is 4.68. The molecule has 11 heavy (non-hydrogen) atoms. The van der Waals surface area contributed by atoms with Gasteiger partial charge < -0.3 is 0 Å². The van der Waals surface area contributed by atoms with Crippen LogP contribution in [0.4, 0.5) is 0 Å². The summed E-state index contributed by atoms with van der Waals surface area (Å²) in [5.41, 5.74) is 0.393. The predicted molar refractivity (Wildman–Crippen MR) is 49.7 cm³/mol. The normalized spacial score (nSPS) is 27.8. The molecule has 0 amide bonds. The fourth-order valence-corrected chi connectivity index (χ4v) is 1.78. The molecule has 0 unspecified atom stereocenters. The highest BCUT2D eigenvalue weighted by Gasteiger charge is 2.28. The number of rotatable bonds is 1. The van der Waals surface area contributed by atoms with Crippen molar-refractivity contribution in [2.75, 3.05) is 13.1 Å². The first-order valence-corrected chi connectivity index (χ1v) is 4.79. The van der Waals surface area contributed by atoms with Crippen molar-refractivity contribution in [3.8, 4) is 0 Å². The van der Waals surface area contributed by atoms with E-state index in [1.54, 1.807) is 0 Å². The van der Waals surface area contributed by atoms with Gasteiger partial charge in [-0.3, -0.25) is 4.90 Å². The second-order valence-electron chi connectivity index (χ2n) is 4.68. The lowest BCUT2D eigenvalue weighted by Crippen LogP contribution is -2.39. The SMILES string of the molecule is CC[C@@H]1CCN(C(C)(C)C)C1. The Labute approximate surface area is 70.8 Å². The van der Waals surface area contributed by atoms with E-state index in [1.807, 2.05) is 0 Å². The van der Waals surface area contributed by atoms with Crippen molar-refractivity contribution in [3.63, 3.8) is 0 Å². The van der Waals surface area contributed by atoms with Crippen LogP contribution in [0, 0.1) is 5.92 Å². The minimum absolute atomic E-state index is 0.393. The van der Waals surface area contributed by atoms with Crippen molar-refractivity contribution in [2.24, 2.45) is 5.92 Å². The van der Waals surface area contributed by atoms with Crippen LogP contribution < -0.4 is 0 Å². The van der Waals surface area contributed by atoms with Gasteiger partial charge in [-0.2, -0.15) is 0 Å². The lowest BCUT2D eigenvalue weighted by molar-refractivity contribution is 0.168. The monoisotopic (exact) mass is 155 g/mol. The number of likely N-dealkylation sites (tertiary alicyclic amines) is 1. The van der Waals surface area contributed by atoms with E-state index in [-0.39, 0.29) is 0 Å². The predicted octanol–water partition coefficient (Wildman–Crippen LogP) is 2.52. The van der Waals surface area contributed by atoms with E-state index in [1.165, 1.54) is 25.9 Å². The zero-order valence-corrected chi connectivity index (χ0v) is 8.35. The van der Waals surface area contributed by atoms with Crippen LogP contribution >= 0.6 is 0 Å². The number of hydrogen-bond acceptors (Lipinski definition) is 1. The molecule has 0 bridgehead atoms. The minimum atomic E-state index is 0.393. The first-order chi connectivity index (χ1) is 5.04. The Hall–Kier alpha value is -0.0400. The van der Waals surface area contributed by atoms with Crippen LogP contribution in [0.2, 0.25) is 0 Å². The van der Waals surface area contributed by atoms with Crippen LogP contribution in [0.1, 0.15) is 40.5 Å². The van der Waals surface area contributed by atoms with Crippen LogP contribution in [0.25, 0.3) is 0 Å². The minimum Gasteiger partial charge on any atom is -0.298 e.